The van der Waals surface area contributed by atoms with Crippen LogP contribution in [0.5, 0.6) is 0 Å². The fourth-order valence-electron chi connectivity index (χ4n) is 2.18. The van der Waals surface area contributed by atoms with Gasteiger partial charge in [0, 0.05) is 29.4 Å². The molecule has 0 aliphatic carbocycles. The predicted molar refractivity (Wildman–Crippen MR) is 71.4 cm³/mol. The van der Waals surface area contributed by atoms with Crippen molar-refractivity contribution in [2.24, 2.45) is 5.92 Å². The van der Waals surface area contributed by atoms with Crippen molar-refractivity contribution in [1.29, 1.82) is 0 Å². The van der Waals surface area contributed by atoms with Crippen LogP contribution in [0.15, 0.2) is 0 Å². The lowest BCUT2D eigenvalue weighted by Crippen LogP contribution is -2.48. The topological polar surface area (TPSA) is 58.2 Å². The molecular formula is C12H24N2O2S. The molecule has 17 heavy (non-hydrogen) atoms. The van der Waals surface area contributed by atoms with Crippen molar-refractivity contribution >= 4 is 16.7 Å². The summed E-state index contributed by atoms with van der Waals surface area (Å²) in [6, 6.07) is -0.0270. The number of rotatable bonds is 6. The maximum Gasteiger partial charge on any atom is 0.237 e. The highest BCUT2D eigenvalue weighted by Gasteiger charge is 2.25. The lowest BCUT2D eigenvalue weighted by molar-refractivity contribution is -0.124. The van der Waals surface area contributed by atoms with Crippen molar-refractivity contribution in [3.05, 3.63) is 0 Å². The van der Waals surface area contributed by atoms with Gasteiger partial charge in [-0.15, -0.1) is 0 Å². The van der Waals surface area contributed by atoms with Gasteiger partial charge in [-0.05, 0) is 31.7 Å². The minimum absolute atomic E-state index is 0.0270. The molecule has 2 N–H and O–H groups in total. The first-order valence-corrected chi connectivity index (χ1v) is 8.17. The third-order valence-corrected chi connectivity index (χ3v) is 4.18. The van der Waals surface area contributed by atoms with Crippen molar-refractivity contribution in [2.45, 2.75) is 38.6 Å². The molecule has 3 unspecified atom stereocenters. The van der Waals surface area contributed by atoms with Crippen molar-refractivity contribution in [1.82, 2.24) is 10.6 Å². The summed E-state index contributed by atoms with van der Waals surface area (Å²) >= 11 is 0. The van der Waals surface area contributed by atoms with Crippen LogP contribution in [0.1, 0.15) is 32.6 Å². The van der Waals surface area contributed by atoms with E-state index in [1.165, 1.54) is 6.42 Å². The molecule has 100 valence electrons. The maximum absolute atomic E-state index is 11.9. The Morgan fingerprint density at radius 3 is 2.94 bits per heavy atom. The van der Waals surface area contributed by atoms with Gasteiger partial charge in [0.25, 0.3) is 0 Å². The van der Waals surface area contributed by atoms with Crippen LogP contribution >= 0.6 is 0 Å². The SMILES string of the molecule is CCC1CCNC(C(=O)NCCCS(C)=O)C1. The molecule has 1 fully saturated rings. The Morgan fingerprint density at radius 1 is 1.53 bits per heavy atom. The van der Waals surface area contributed by atoms with Gasteiger partial charge in [0.2, 0.25) is 5.91 Å². The monoisotopic (exact) mass is 260 g/mol. The van der Waals surface area contributed by atoms with Crippen molar-refractivity contribution in [3.63, 3.8) is 0 Å². The Balaban J connectivity index is 2.20. The highest BCUT2D eigenvalue weighted by molar-refractivity contribution is 7.84. The maximum atomic E-state index is 11.9. The first kappa shape index (κ1) is 14.6. The van der Waals surface area contributed by atoms with E-state index in [-0.39, 0.29) is 11.9 Å². The normalized spacial score (nSPS) is 26.5. The average molecular weight is 260 g/mol. The molecule has 0 radical (unpaired) electrons. The first-order chi connectivity index (χ1) is 8.13. The van der Waals surface area contributed by atoms with Crippen LogP contribution in [0.4, 0.5) is 0 Å². The van der Waals surface area contributed by atoms with E-state index in [4.69, 9.17) is 0 Å². The van der Waals surface area contributed by atoms with Crippen molar-refractivity contribution in [3.8, 4) is 0 Å². The molecule has 0 bridgehead atoms. The molecule has 1 aliphatic rings. The molecule has 0 aromatic rings. The van der Waals surface area contributed by atoms with Gasteiger partial charge in [-0.3, -0.25) is 9.00 Å². The van der Waals surface area contributed by atoms with Gasteiger partial charge in [-0.2, -0.15) is 0 Å². The fourth-order valence-corrected chi connectivity index (χ4v) is 2.73. The Bertz CT molecular complexity index is 271. The van der Waals surface area contributed by atoms with E-state index in [1.807, 2.05) is 0 Å². The number of carbonyl (C=O) groups excluding carboxylic acids is 1. The molecule has 0 spiro atoms. The number of nitrogens with one attached hydrogen (secondary N) is 2. The van der Waals surface area contributed by atoms with E-state index >= 15 is 0 Å². The van der Waals surface area contributed by atoms with Crippen molar-refractivity contribution in [2.75, 3.05) is 25.1 Å². The van der Waals surface area contributed by atoms with E-state index in [2.05, 4.69) is 17.6 Å². The summed E-state index contributed by atoms with van der Waals surface area (Å²) in [5.41, 5.74) is 0. The molecule has 1 heterocycles. The summed E-state index contributed by atoms with van der Waals surface area (Å²) < 4.78 is 10.9. The van der Waals surface area contributed by atoms with Gasteiger partial charge in [0.15, 0.2) is 0 Å². The largest absolute Gasteiger partial charge is 0.355 e. The molecule has 3 atom stereocenters. The van der Waals surface area contributed by atoms with Gasteiger partial charge in [0.05, 0.1) is 6.04 Å². The highest BCUT2D eigenvalue weighted by atomic mass is 32.2. The standard InChI is InChI=1S/C12H24N2O2S/c1-3-10-5-7-13-11(9-10)12(15)14-6-4-8-17(2)16/h10-11,13H,3-9H2,1-2H3,(H,14,15). The number of amides is 1. The summed E-state index contributed by atoms with van der Waals surface area (Å²) in [5, 5.41) is 6.18. The van der Waals surface area contributed by atoms with Crippen LogP contribution in [0.25, 0.3) is 0 Å². The van der Waals surface area contributed by atoms with Crippen LogP contribution in [0.2, 0.25) is 0 Å². The summed E-state index contributed by atoms with van der Waals surface area (Å²) in [7, 11) is -0.759. The Labute approximate surface area is 106 Å². The first-order valence-electron chi connectivity index (χ1n) is 6.44. The quantitative estimate of drug-likeness (QED) is 0.689. The smallest absolute Gasteiger partial charge is 0.237 e. The molecule has 1 amide bonds. The van der Waals surface area contributed by atoms with E-state index < -0.39 is 10.8 Å². The van der Waals surface area contributed by atoms with Gasteiger partial charge >= 0.3 is 0 Å². The molecule has 0 saturated carbocycles. The number of piperidine rings is 1. The zero-order valence-corrected chi connectivity index (χ0v) is 11.6. The van der Waals surface area contributed by atoms with E-state index in [0.717, 1.165) is 25.8 Å². The van der Waals surface area contributed by atoms with Gasteiger partial charge in [-0.25, -0.2) is 0 Å². The summed E-state index contributed by atoms with van der Waals surface area (Å²) in [4.78, 5) is 11.9. The minimum atomic E-state index is -0.759. The molecule has 5 heteroatoms. The zero-order chi connectivity index (χ0) is 12.7. The van der Waals surface area contributed by atoms with Crippen LogP contribution in [-0.2, 0) is 15.6 Å². The van der Waals surface area contributed by atoms with Crippen LogP contribution < -0.4 is 10.6 Å². The number of hydrogen-bond acceptors (Lipinski definition) is 3. The van der Waals surface area contributed by atoms with Gasteiger partial charge in [0.1, 0.15) is 0 Å². The second-order valence-electron chi connectivity index (χ2n) is 4.73. The van der Waals surface area contributed by atoms with Crippen LogP contribution in [0, 0.1) is 5.92 Å². The highest BCUT2D eigenvalue weighted by Crippen LogP contribution is 2.19. The molecular weight excluding hydrogens is 236 g/mol. The molecule has 0 aromatic heterocycles. The van der Waals surface area contributed by atoms with Gasteiger partial charge in [-0.1, -0.05) is 13.3 Å². The summed E-state index contributed by atoms with van der Waals surface area (Å²) in [6.45, 7) is 3.75. The molecule has 0 aromatic carbocycles. The number of hydrogen-bond donors (Lipinski definition) is 2. The Hall–Kier alpha value is -0.420. The second-order valence-corrected chi connectivity index (χ2v) is 6.28. The van der Waals surface area contributed by atoms with Crippen LogP contribution in [-0.4, -0.2) is 41.3 Å². The molecule has 1 saturated heterocycles. The fraction of sp³-hybridized carbons (Fsp3) is 0.917. The molecule has 1 aliphatic heterocycles. The Morgan fingerprint density at radius 2 is 2.29 bits per heavy atom. The Kier molecular flexibility index (Phi) is 6.73. The third kappa shape index (κ3) is 5.64. The van der Waals surface area contributed by atoms with E-state index in [1.54, 1.807) is 6.26 Å². The lowest BCUT2D eigenvalue weighted by Gasteiger charge is -2.28. The molecule has 1 rings (SSSR count). The van der Waals surface area contributed by atoms with Crippen molar-refractivity contribution < 1.29 is 9.00 Å². The van der Waals surface area contributed by atoms with E-state index in [0.29, 0.717) is 18.2 Å². The second kappa shape index (κ2) is 7.82. The van der Waals surface area contributed by atoms with E-state index in [9.17, 15) is 9.00 Å². The van der Waals surface area contributed by atoms with Gasteiger partial charge < -0.3 is 10.6 Å². The number of carbonyl (C=O) groups is 1. The predicted octanol–water partition coefficient (Wildman–Crippen LogP) is 0.649. The zero-order valence-electron chi connectivity index (χ0n) is 10.8. The summed E-state index contributed by atoms with van der Waals surface area (Å²) in [6.07, 6.45) is 5.76. The summed E-state index contributed by atoms with van der Waals surface area (Å²) in [5.74, 6) is 1.44. The minimum Gasteiger partial charge on any atom is -0.355 e. The molecule has 4 nitrogen and oxygen atoms in total. The third-order valence-electron chi connectivity index (χ3n) is 3.31. The average Bonchev–Trinajstić information content (AvgIpc) is 2.34. The lowest BCUT2D eigenvalue weighted by atomic mass is 9.90. The van der Waals surface area contributed by atoms with Crippen LogP contribution in [0.3, 0.4) is 0 Å².